The van der Waals surface area contributed by atoms with Gasteiger partial charge in [0.05, 0.1) is 11.7 Å². The molecular formula is C18H24FN3O. The van der Waals surface area contributed by atoms with Gasteiger partial charge in [0.2, 0.25) is 5.91 Å². The summed E-state index contributed by atoms with van der Waals surface area (Å²) < 4.78 is 14.9. The van der Waals surface area contributed by atoms with Gasteiger partial charge in [0.15, 0.2) is 0 Å². The van der Waals surface area contributed by atoms with Crippen LogP contribution >= 0.6 is 0 Å². The minimum Gasteiger partial charge on any atom is -0.349 e. The van der Waals surface area contributed by atoms with E-state index in [9.17, 15) is 9.18 Å². The van der Waals surface area contributed by atoms with Gasteiger partial charge < -0.3 is 5.32 Å². The zero-order valence-corrected chi connectivity index (χ0v) is 14.2. The molecule has 1 amide bonds. The van der Waals surface area contributed by atoms with Crippen molar-refractivity contribution in [1.82, 2.24) is 15.1 Å². The Morgan fingerprint density at radius 1 is 1.26 bits per heavy atom. The summed E-state index contributed by atoms with van der Waals surface area (Å²) in [5, 5.41) is 7.45. The van der Waals surface area contributed by atoms with Gasteiger partial charge >= 0.3 is 0 Å². The maximum Gasteiger partial charge on any atom is 0.222 e. The number of nitrogens with one attached hydrogen (secondary N) is 1. The van der Waals surface area contributed by atoms with Gasteiger partial charge in [-0.15, -0.1) is 0 Å². The Morgan fingerprint density at radius 3 is 2.43 bits per heavy atom. The van der Waals surface area contributed by atoms with Gasteiger partial charge in [0.1, 0.15) is 5.82 Å². The summed E-state index contributed by atoms with van der Waals surface area (Å²) >= 11 is 0. The molecule has 0 saturated carbocycles. The van der Waals surface area contributed by atoms with Crippen molar-refractivity contribution in [3.8, 4) is 0 Å². The second-order valence-corrected chi connectivity index (χ2v) is 5.85. The molecule has 0 spiro atoms. The van der Waals surface area contributed by atoms with Crippen LogP contribution in [0.25, 0.3) is 0 Å². The average Bonchev–Trinajstić information content (AvgIpc) is 2.78. The Bertz CT molecular complexity index is 676. The van der Waals surface area contributed by atoms with Crippen molar-refractivity contribution < 1.29 is 9.18 Å². The lowest BCUT2D eigenvalue weighted by atomic mass is 10.0. The van der Waals surface area contributed by atoms with Crippen molar-refractivity contribution in [2.45, 2.75) is 53.1 Å². The molecule has 1 aromatic carbocycles. The van der Waals surface area contributed by atoms with Crippen LogP contribution in [0.4, 0.5) is 4.39 Å². The van der Waals surface area contributed by atoms with Crippen LogP contribution in [0.1, 0.15) is 48.3 Å². The molecule has 2 aromatic rings. The van der Waals surface area contributed by atoms with Crippen LogP contribution < -0.4 is 5.32 Å². The number of hydrogen-bond donors (Lipinski definition) is 1. The quantitative estimate of drug-likeness (QED) is 0.885. The molecule has 0 aliphatic heterocycles. The van der Waals surface area contributed by atoms with E-state index in [4.69, 9.17) is 0 Å². The van der Waals surface area contributed by atoms with Gasteiger partial charge in [-0.3, -0.25) is 9.48 Å². The molecule has 0 fully saturated rings. The first kappa shape index (κ1) is 17.2. The molecule has 0 unspecified atom stereocenters. The summed E-state index contributed by atoms with van der Waals surface area (Å²) in [5.41, 5.74) is 4.19. The van der Waals surface area contributed by atoms with Crippen molar-refractivity contribution in [2.24, 2.45) is 0 Å². The van der Waals surface area contributed by atoms with E-state index >= 15 is 0 Å². The molecular weight excluding hydrogens is 293 g/mol. The highest BCUT2D eigenvalue weighted by atomic mass is 19.1. The highest BCUT2D eigenvalue weighted by Crippen LogP contribution is 2.17. The average molecular weight is 317 g/mol. The standard InChI is InChI=1S/C18H24FN3O/c1-5-17(15-6-8-16(19)9-7-15)20-18(23)10-11-22-14(4)12(2)13(3)21-22/h6-9,17H,5,10-11H2,1-4H3,(H,20,23)/t17-/m1/s1. The van der Waals surface area contributed by atoms with Crippen molar-refractivity contribution in [3.05, 3.63) is 52.6 Å². The first-order valence-electron chi connectivity index (χ1n) is 7.97. The second kappa shape index (κ2) is 7.40. The Kier molecular flexibility index (Phi) is 5.53. The zero-order chi connectivity index (χ0) is 17.0. The number of rotatable bonds is 6. The first-order chi connectivity index (χ1) is 10.9. The van der Waals surface area contributed by atoms with E-state index < -0.39 is 0 Å². The van der Waals surface area contributed by atoms with Gasteiger partial charge in [-0.25, -0.2) is 4.39 Å². The van der Waals surface area contributed by atoms with E-state index in [-0.39, 0.29) is 17.8 Å². The Morgan fingerprint density at radius 2 is 1.91 bits per heavy atom. The molecule has 0 aliphatic carbocycles. The molecule has 5 heteroatoms. The molecule has 0 aliphatic rings. The predicted octanol–water partition coefficient (Wildman–Crippen LogP) is 3.61. The van der Waals surface area contributed by atoms with Crippen LogP contribution in [-0.2, 0) is 11.3 Å². The molecule has 0 bridgehead atoms. The number of benzene rings is 1. The van der Waals surface area contributed by atoms with Gasteiger partial charge in [0.25, 0.3) is 0 Å². The molecule has 1 atom stereocenters. The third kappa shape index (κ3) is 4.18. The molecule has 1 heterocycles. The van der Waals surface area contributed by atoms with Gasteiger partial charge in [-0.1, -0.05) is 19.1 Å². The molecule has 2 rings (SSSR count). The highest BCUT2D eigenvalue weighted by molar-refractivity contribution is 5.76. The summed E-state index contributed by atoms with van der Waals surface area (Å²) in [6.45, 7) is 8.59. The Hall–Kier alpha value is -2.17. The highest BCUT2D eigenvalue weighted by Gasteiger charge is 2.14. The third-order valence-corrected chi connectivity index (χ3v) is 4.31. The third-order valence-electron chi connectivity index (χ3n) is 4.31. The summed E-state index contributed by atoms with van der Waals surface area (Å²) in [6.07, 6.45) is 1.13. The minimum atomic E-state index is -0.269. The maximum absolute atomic E-state index is 13.0. The molecule has 1 N–H and O–H groups in total. The molecule has 4 nitrogen and oxygen atoms in total. The number of aromatic nitrogens is 2. The van der Waals surface area contributed by atoms with E-state index in [0.29, 0.717) is 13.0 Å². The largest absolute Gasteiger partial charge is 0.349 e. The van der Waals surface area contributed by atoms with Crippen LogP contribution in [0, 0.1) is 26.6 Å². The number of hydrogen-bond acceptors (Lipinski definition) is 2. The van der Waals surface area contributed by atoms with Crippen LogP contribution in [0.15, 0.2) is 24.3 Å². The Balaban J connectivity index is 1.95. The van der Waals surface area contributed by atoms with Crippen LogP contribution in [-0.4, -0.2) is 15.7 Å². The minimum absolute atomic E-state index is 0.0219. The summed E-state index contributed by atoms with van der Waals surface area (Å²) in [5.74, 6) is -0.291. The monoisotopic (exact) mass is 317 g/mol. The van der Waals surface area contributed by atoms with Crippen LogP contribution in [0.3, 0.4) is 0 Å². The van der Waals surface area contributed by atoms with Gasteiger partial charge in [-0.2, -0.15) is 5.10 Å². The number of aryl methyl sites for hydroxylation is 2. The summed E-state index contributed by atoms with van der Waals surface area (Å²) in [4.78, 5) is 12.2. The van der Waals surface area contributed by atoms with E-state index in [1.807, 2.05) is 32.4 Å². The van der Waals surface area contributed by atoms with Gasteiger partial charge in [-0.05, 0) is 50.5 Å². The molecule has 0 radical (unpaired) electrons. The summed E-state index contributed by atoms with van der Waals surface area (Å²) in [7, 11) is 0. The number of nitrogens with zero attached hydrogens (tertiary/aromatic N) is 2. The first-order valence-corrected chi connectivity index (χ1v) is 7.97. The van der Waals surface area contributed by atoms with Crippen molar-refractivity contribution in [1.29, 1.82) is 0 Å². The van der Waals surface area contributed by atoms with Crippen molar-refractivity contribution in [2.75, 3.05) is 0 Å². The van der Waals surface area contributed by atoms with Gasteiger partial charge in [0, 0.05) is 18.7 Å². The van der Waals surface area contributed by atoms with E-state index in [0.717, 1.165) is 23.4 Å². The van der Waals surface area contributed by atoms with Crippen molar-refractivity contribution >= 4 is 5.91 Å². The van der Waals surface area contributed by atoms with Crippen molar-refractivity contribution in [3.63, 3.8) is 0 Å². The fourth-order valence-corrected chi connectivity index (χ4v) is 2.59. The molecule has 1 aromatic heterocycles. The SMILES string of the molecule is CC[C@@H](NC(=O)CCn1nc(C)c(C)c1C)c1ccc(F)cc1. The number of halogens is 1. The fourth-order valence-electron chi connectivity index (χ4n) is 2.59. The lowest BCUT2D eigenvalue weighted by molar-refractivity contribution is -0.122. The van der Waals surface area contributed by atoms with E-state index in [1.165, 1.54) is 17.7 Å². The van der Waals surface area contributed by atoms with Crippen LogP contribution in [0.5, 0.6) is 0 Å². The molecule has 0 saturated heterocycles. The normalized spacial score (nSPS) is 12.2. The lowest BCUT2D eigenvalue weighted by Crippen LogP contribution is -2.29. The molecule has 124 valence electrons. The summed E-state index contributed by atoms with van der Waals surface area (Å²) in [6, 6.07) is 6.18. The Labute approximate surface area is 136 Å². The molecule has 23 heavy (non-hydrogen) atoms. The fraction of sp³-hybridized carbons (Fsp3) is 0.444. The van der Waals surface area contributed by atoms with E-state index in [1.54, 1.807) is 12.1 Å². The topological polar surface area (TPSA) is 46.9 Å². The maximum atomic E-state index is 13.0. The smallest absolute Gasteiger partial charge is 0.222 e. The second-order valence-electron chi connectivity index (χ2n) is 5.85. The number of amides is 1. The zero-order valence-electron chi connectivity index (χ0n) is 14.2. The number of carbonyl (C=O) groups excluding carboxylic acids is 1. The van der Waals surface area contributed by atoms with Crippen LogP contribution in [0.2, 0.25) is 0 Å². The predicted molar refractivity (Wildman–Crippen MR) is 88.6 cm³/mol. The number of carbonyl (C=O) groups is 1. The van der Waals surface area contributed by atoms with E-state index in [2.05, 4.69) is 10.4 Å². The lowest BCUT2D eigenvalue weighted by Gasteiger charge is -2.17.